The van der Waals surface area contributed by atoms with Gasteiger partial charge in [0.25, 0.3) is 5.82 Å². The highest BCUT2D eigenvalue weighted by Crippen LogP contribution is 2.31. The number of hydrogen-bond donors (Lipinski definition) is 0. The summed E-state index contributed by atoms with van der Waals surface area (Å²) in [7, 11) is 4.18. The maximum atomic E-state index is 5.65. The SMILES string of the molecule is Cc1ccc2ncoc2c1-c1n(C)c2ccccc2[n+]1C. The van der Waals surface area contributed by atoms with Gasteiger partial charge in [0.15, 0.2) is 23.0 Å². The van der Waals surface area contributed by atoms with E-state index in [1.165, 1.54) is 23.0 Å². The first-order valence-corrected chi connectivity index (χ1v) is 6.95. The fraction of sp³-hybridized carbons (Fsp3) is 0.176. The van der Waals surface area contributed by atoms with Crippen LogP contribution in [0.15, 0.2) is 47.2 Å². The van der Waals surface area contributed by atoms with Crippen LogP contribution in [0.2, 0.25) is 0 Å². The first kappa shape index (κ1) is 12.1. The molecule has 4 rings (SSSR count). The molecule has 0 atom stereocenters. The fourth-order valence-corrected chi connectivity index (χ4v) is 3.12. The molecule has 104 valence electrons. The van der Waals surface area contributed by atoms with Gasteiger partial charge in [0.2, 0.25) is 0 Å². The number of aromatic nitrogens is 3. The van der Waals surface area contributed by atoms with Crippen LogP contribution < -0.4 is 4.57 Å². The van der Waals surface area contributed by atoms with E-state index < -0.39 is 0 Å². The summed E-state index contributed by atoms with van der Waals surface area (Å²) in [6, 6.07) is 12.5. The Morgan fingerprint density at radius 3 is 2.76 bits per heavy atom. The van der Waals surface area contributed by atoms with Gasteiger partial charge in [-0.1, -0.05) is 18.2 Å². The fourth-order valence-electron chi connectivity index (χ4n) is 3.12. The smallest absolute Gasteiger partial charge is 0.293 e. The number of para-hydroxylation sites is 2. The highest BCUT2D eigenvalue weighted by Gasteiger charge is 2.26. The average molecular weight is 278 g/mol. The summed E-state index contributed by atoms with van der Waals surface area (Å²) in [5.41, 5.74) is 6.42. The van der Waals surface area contributed by atoms with Gasteiger partial charge in [-0.05, 0) is 30.7 Å². The maximum absolute atomic E-state index is 5.65. The first-order valence-electron chi connectivity index (χ1n) is 6.95. The Labute approximate surface area is 122 Å². The van der Waals surface area contributed by atoms with Gasteiger partial charge in [0.05, 0.1) is 14.1 Å². The Morgan fingerprint density at radius 1 is 1.14 bits per heavy atom. The maximum Gasteiger partial charge on any atom is 0.293 e. The zero-order valence-corrected chi connectivity index (χ0v) is 12.3. The van der Waals surface area contributed by atoms with Crippen LogP contribution in [0.5, 0.6) is 0 Å². The molecule has 0 aliphatic heterocycles. The summed E-state index contributed by atoms with van der Waals surface area (Å²) in [6.07, 6.45) is 1.51. The summed E-state index contributed by atoms with van der Waals surface area (Å²) in [5.74, 6) is 1.12. The van der Waals surface area contributed by atoms with Crippen molar-refractivity contribution < 1.29 is 8.98 Å². The molecule has 2 aromatic heterocycles. The number of fused-ring (bicyclic) bond motifs is 2. The van der Waals surface area contributed by atoms with Gasteiger partial charge in [0.1, 0.15) is 11.1 Å². The van der Waals surface area contributed by atoms with E-state index in [0.29, 0.717) is 0 Å². The zero-order valence-electron chi connectivity index (χ0n) is 12.3. The van der Waals surface area contributed by atoms with Crippen LogP contribution in [-0.2, 0) is 14.1 Å². The molecule has 0 bridgehead atoms. The van der Waals surface area contributed by atoms with E-state index in [-0.39, 0.29) is 0 Å². The van der Waals surface area contributed by atoms with Gasteiger partial charge in [-0.15, -0.1) is 0 Å². The van der Waals surface area contributed by atoms with Crippen molar-refractivity contribution in [3.8, 4) is 11.4 Å². The molecular formula is C17H16N3O+. The lowest BCUT2D eigenvalue weighted by atomic mass is 10.1. The molecule has 0 radical (unpaired) electrons. The van der Waals surface area contributed by atoms with E-state index in [9.17, 15) is 0 Å². The van der Waals surface area contributed by atoms with E-state index in [0.717, 1.165) is 22.5 Å². The summed E-state index contributed by atoms with van der Waals surface area (Å²) < 4.78 is 10.1. The minimum atomic E-state index is 0.844. The molecular weight excluding hydrogens is 262 g/mol. The molecule has 2 heterocycles. The third kappa shape index (κ3) is 1.56. The number of hydrogen-bond acceptors (Lipinski definition) is 2. The molecule has 0 aliphatic carbocycles. The van der Waals surface area contributed by atoms with Crippen LogP contribution in [0.3, 0.4) is 0 Å². The predicted octanol–water partition coefficient (Wildman–Crippen LogP) is 3.12. The van der Waals surface area contributed by atoms with Crippen LogP contribution in [0.4, 0.5) is 0 Å². The normalized spacial score (nSPS) is 11.6. The molecule has 0 fully saturated rings. The number of benzene rings is 2. The van der Waals surface area contributed by atoms with Crippen molar-refractivity contribution in [2.45, 2.75) is 6.92 Å². The lowest BCUT2D eigenvalue weighted by Crippen LogP contribution is -2.30. The first-order chi connectivity index (χ1) is 10.2. The van der Waals surface area contributed by atoms with E-state index >= 15 is 0 Å². The van der Waals surface area contributed by atoms with Crippen molar-refractivity contribution in [1.29, 1.82) is 0 Å². The number of nitrogens with zero attached hydrogens (tertiary/aromatic N) is 3. The van der Waals surface area contributed by atoms with Gasteiger partial charge in [0, 0.05) is 0 Å². The Bertz CT molecular complexity index is 939. The molecule has 0 saturated heterocycles. The molecule has 0 amide bonds. The van der Waals surface area contributed by atoms with E-state index in [4.69, 9.17) is 4.42 Å². The molecule has 2 aromatic carbocycles. The molecule has 0 aliphatic rings. The number of rotatable bonds is 1. The second-order valence-electron chi connectivity index (χ2n) is 5.39. The molecule has 0 saturated carbocycles. The van der Waals surface area contributed by atoms with Crippen molar-refractivity contribution in [3.63, 3.8) is 0 Å². The molecule has 0 unspecified atom stereocenters. The molecule has 21 heavy (non-hydrogen) atoms. The van der Waals surface area contributed by atoms with Gasteiger partial charge in [-0.25, -0.2) is 14.1 Å². The lowest BCUT2D eigenvalue weighted by Gasteiger charge is -2.03. The Morgan fingerprint density at radius 2 is 1.95 bits per heavy atom. The van der Waals surface area contributed by atoms with Crippen LogP contribution in [-0.4, -0.2) is 9.55 Å². The van der Waals surface area contributed by atoms with Crippen LogP contribution in [0.1, 0.15) is 5.56 Å². The lowest BCUT2D eigenvalue weighted by molar-refractivity contribution is -0.634. The minimum absolute atomic E-state index is 0.844. The minimum Gasteiger partial charge on any atom is -0.443 e. The summed E-state index contributed by atoms with van der Waals surface area (Å²) in [4.78, 5) is 4.27. The topological polar surface area (TPSA) is 34.8 Å². The summed E-state index contributed by atoms with van der Waals surface area (Å²) in [5, 5.41) is 0. The van der Waals surface area contributed by atoms with Crippen molar-refractivity contribution in [2.24, 2.45) is 14.1 Å². The predicted molar refractivity (Wildman–Crippen MR) is 81.8 cm³/mol. The average Bonchev–Trinajstić information content (AvgIpc) is 3.06. The van der Waals surface area contributed by atoms with Gasteiger partial charge in [-0.3, -0.25) is 0 Å². The Balaban J connectivity index is 2.19. The summed E-state index contributed by atoms with van der Waals surface area (Å²) in [6.45, 7) is 2.11. The number of imidazole rings is 1. The Kier molecular flexibility index (Phi) is 2.42. The van der Waals surface area contributed by atoms with Gasteiger partial charge < -0.3 is 4.42 Å². The van der Waals surface area contributed by atoms with Crippen LogP contribution in [0.25, 0.3) is 33.5 Å². The van der Waals surface area contributed by atoms with Crippen molar-refractivity contribution in [2.75, 3.05) is 0 Å². The van der Waals surface area contributed by atoms with Crippen molar-refractivity contribution in [1.82, 2.24) is 9.55 Å². The second-order valence-corrected chi connectivity index (χ2v) is 5.39. The molecule has 4 heteroatoms. The van der Waals surface area contributed by atoms with Crippen molar-refractivity contribution in [3.05, 3.63) is 48.4 Å². The molecule has 0 spiro atoms. The highest BCUT2D eigenvalue weighted by molar-refractivity contribution is 5.91. The highest BCUT2D eigenvalue weighted by atomic mass is 16.3. The van der Waals surface area contributed by atoms with E-state index in [1.807, 2.05) is 6.07 Å². The zero-order chi connectivity index (χ0) is 14.6. The van der Waals surface area contributed by atoms with E-state index in [1.54, 1.807) is 0 Å². The molecule has 4 aromatic rings. The molecule has 0 N–H and O–H groups in total. The van der Waals surface area contributed by atoms with Crippen LogP contribution in [0, 0.1) is 6.92 Å². The largest absolute Gasteiger partial charge is 0.443 e. The summed E-state index contributed by atoms with van der Waals surface area (Å²) >= 11 is 0. The van der Waals surface area contributed by atoms with E-state index in [2.05, 4.69) is 65.5 Å². The number of aryl methyl sites for hydroxylation is 3. The molecule has 4 nitrogen and oxygen atoms in total. The number of oxazole rings is 1. The van der Waals surface area contributed by atoms with Gasteiger partial charge >= 0.3 is 0 Å². The third-order valence-electron chi connectivity index (χ3n) is 4.17. The third-order valence-corrected chi connectivity index (χ3v) is 4.17. The van der Waals surface area contributed by atoms with Crippen LogP contribution >= 0.6 is 0 Å². The standard InChI is InChI=1S/C17H16N3O/c1-11-8-9-12-16(21-10-18-12)15(11)17-19(2)13-6-4-5-7-14(13)20(17)3/h4-10H,1-3H3/q+1. The Hall–Kier alpha value is -2.62. The quantitative estimate of drug-likeness (QED) is 0.501. The van der Waals surface area contributed by atoms with Gasteiger partial charge in [-0.2, -0.15) is 0 Å². The second kappa shape index (κ2) is 4.19. The van der Waals surface area contributed by atoms with Crippen molar-refractivity contribution >= 4 is 22.1 Å². The monoisotopic (exact) mass is 278 g/mol.